The first-order valence-corrected chi connectivity index (χ1v) is 6.43. The zero-order chi connectivity index (χ0) is 9.90. The van der Waals surface area contributed by atoms with Crippen LogP contribution >= 0.6 is 0 Å². The fourth-order valence-electron chi connectivity index (χ4n) is 1.55. The standard InChI is InChI=1S/C9H17NO2S/c1-3-4-5-10-6-7-13(11,12)8-9(10)2/h3-4,9H,5-8H2,1-2H3/b4-3+. The van der Waals surface area contributed by atoms with E-state index in [4.69, 9.17) is 0 Å². The van der Waals surface area contributed by atoms with Gasteiger partial charge in [0.1, 0.15) is 0 Å². The first-order valence-electron chi connectivity index (χ1n) is 4.61. The fourth-order valence-corrected chi connectivity index (χ4v) is 3.17. The molecule has 0 amide bonds. The molecule has 0 N–H and O–H groups in total. The van der Waals surface area contributed by atoms with Gasteiger partial charge in [0.15, 0.2) is 9.84 Å². The number of sulfone groups is 1. The predicted molar refractivity (Wildman–Crippen MR) is 54.5 cm³/mol. The van der Waals surface area contributed by atoms with Crippen LogP contribution in [-0.4, -0.2) is 44.0 Å². The molecular weight excluding hydrogens is 186 g/mol. The maximum atomic E-state index is 11.2. The molecule has 1 aliphatic rings. The van der Waals surface area contributed by atoms with Crippen LogP contribution in [0.2, 0.25) is 0 Å². The van der Waals surface area contributed by atoms with Crippen LogP contribution in [0.3, 0.4) is 0 Å². The second kappa shape index (κ2) is 4.24. The smallest absolute Gasteiger partial charge is 0.153 e. The van der Waals surface area contributed by atoms with Gasteiger partial charge in [-0.15, -0.1) is 0 Å². The Kier molecular flexibility index (Phi) is 3.50. The highest BCUT2D eigenvalue weighted by Gasteiger charge is 2.26. The van der Waals surface area contributed by atoms with Gasteiger partial charge in [0.05, 0.1) is 11.5 Å². The number of hydrogen-bond donors (Lipinski definition) is 0. The van der Waals surface area contributed by atoms with Crippen molar-refractivity contribution in [2.45, 2.75) is 19.9 Å². The largest absolute Gasteiger partial charge is 0.295 e. The third kappa shape index (κ3) is 3.12. The van der Waals surface area contributed by atoms with E-state index in [1.54, 1.807) is 0 Å². The van der Waals surface area contributed by atoms with Gasteiger partial charge in [0.2, 0.25) is 0 Å². The van der Waals surface area contributed by atoms with Crippen molar-refractivity contribution in [1.82, 2.24) is 4.90 Å². The normalized spacial score (nSPS) is 29.5. The van der Waals surface area contributed by atoms with Gasteiger partial charge in [-0.1, -0.05) is 12.2 Å². The topological polar surface area (TPSA) is 37.4 Å². The van der Waals surface area contributed by atoms with Crippen molar-refractivity contribution in [3.63, 3.8) is 0 Å². The first kappa shape index (κ1) is 10.7. The molecule has 4 heteroatoms. The Balaban J connectivity index is 2.53. The minimum absolute atomic E-state index is 0.162. The average Bonchev–Trinajstić information content (AvgIpc) is 2.02. The van der Waals surface area contributed by atoms with Crippen molar-refractivity contribution in [3.05, 3.63) is 12.2 Å². The Labute approximate surface area is 80.3 Å². The number of allylic oxidation sites excluding steroid dienone is 1. The lowest BCUT2D eigenvalue weighted by atomic mass is 10.3. The van der Waals surface area contributed by atoms with Gasteiger partial charge in [-0.05, 0) is 13.8 Å². The molecular formula is C9H17NO2S. The van der Waals surface area contributed by atoms with Gasteiger partial charge in [0, 0.05) is 19.1 Å². The van der Waals surface area contributed by atoms with Crippen molar-refractivity contribution >= 4 is 9.84 Å². The monoisotopic (exact) mass is 203 g/mol. The molecule has 1 heterocycles. The minimum Gasteiger partial charge on any atom is -0.295 e. The lowest BCUT2D eigenvalue weighted by Gasteiger charge is -2.31. The van der Waals surface area contributed by atoms with E-state index >= 15 is 0 Å². The average molecular weight is 203 g/mol. The molecule has 0 aromatic rings. The minimum atomic E-state index is -2.76. The van der Waals surface area contributed by atoms with Gasteiger partial charge in [0.25, 0.3) is 0 Å². The molecule has 0 saturated carbocycles. The van der Waals surface area contributed by atoms with Gasteiger partial charge in [-0.2, -0.15) is 0 Å². The van der Waals surface area contributed by atoms with Crippen molar-refractivity contribution in [2.75, 3.05) is 24.6 Å². The quantitative estimate of drug-likeness (QED) is 0.619. The number of nitrogens with zero attached hydrogens (tertiary/aromatic N) is 1. The van der Waals surface area contributed by atoms with Crippen molar-refractivity contribution in [3.8, 4) is 0 Å². The van der Waals surface area contributed by atoms with E-state index in [-0.39, 0.29) is 6.04 Å². The molecule has 1 unspecified atom stereocenters. The van der Waals surface area contributed by atoms with E-state index in [0.717, 1.165) is 6.54 Å². The maximum absolute atomic E-state index is 11.2. The third-order valence-corrected chi connectivity index (χ3v) is 4.18. The summed E-state index contributed by atoms with van der Waals surface area (Å²) in [7, 11) is -2.76. The van der Waals surface area contributed by atoms with E-state index in [1.165, 1.54) is 0 Å². The lowest BCUT2D eigenvalue weighted by Crippen LogP contribution is -2.46. The van der Waals surface area contributed by atoms with Crippen LogP contribution in [0.15, 0.2) is 12.2 Å². The molecule has 13 heavy (non-hydrogen) atoms. The summed E-state index contributed by atoms with van der Waals surface area (Å²) in [6.45, 7) is 5.49. The lowest BCUT2D eigenvalue weighted by molar-refractivity contribution is 0.251. The van der Waals surface area contributed by atoms with Gasteiger partial charge < -0.3 is 0 Å². The molecule has 0 spiro atoms. The van der Waals surface area contributed by atoms with Crippen LogP contribution in [0.4, 0.5) is 0 Å². The Morgan fingerprint density at radius 2 is 2.23 bits per heavy atom. The summed E-state index contributed by atoms with van der Waals surface area (Å²) in [6, 6.07) is 0.162. The van der Waals surface area contributed by atoms with Crippen molar-refractivity contribution in [2.24, 2.45) is 0 Å². The summed E-state index contributed by atoms with van der Waals surface area (Å²) >= 11 is 0. The molecule has 0 radical (unpaired) electrons. The highest BCUT2D eigenvalue weighted by Crippen LogP contribution is 2.10. The number of rotatable bonds is 2. The molecule has 0 aromatic carbocycles. The van der Waals surface area contributed by atoms with E-state index in [2.05, 4.69) is 11.0 Å². The van der Waals surface area contributed by atoms with Crippen LogP contribution in [0.25, 0.3) is 0 Å². The Morgan fingerprint density at radius 3 is 2.77 bits per heavy atom. The van der Waals surface area contributed by atoms with Gasteiger partial charge in [-0.3, -0.25) is 4.90 Å². The molecule has 3 nitrogen and oxygen atoms in total. The number of hydrogen-bond acceptors (Lipinski definition) is 3. The third-order valence-electron chi connectivity index (χ3n) is 2.38. The summed E-state index contributed by atoms with van der Waals surface area (Å²) in [6.07, 6.45) is 4.06. The summed E-state index contributed by atoms with van der Waals surface area (Å²) in [4.78, 5) is 2.20. The second-order valence-electron chi connectivity index (χ2n) is 3.53. The molecule has 1 aliphatic heterocycles. The summed E-state index contributed by atoms with van der Waals surface area (Å²) in [5, 5.41) is 0. The van der Waals surface area contributed by atoms with Crippen molar-refractivity contribution in [1.29, 1.82) is 0 Å². The first-order chi connectivity index (χ1) is 6.05. The molecule has 1 fully saturated rings. The van der Waals surface area contributed by atoms with Crippen LogP contribution < -0.4 is 0 Å². The van der Waals surface area contributed by atoms with Crippen LogP contribution in [0.1, 0.15) is 13.8 Å². The van der Waals surface area contributed by atoms with Crippen LogP contribution in [-0.2, 0) is 9.84 Å². The molecule has 0 bridgehead atoms. The highest BCUT2D eigenvalue weighted by molar-refractivity contribution is 7.91. The molecule has 1 atom stereocenters. The molecule has 0 aromatic heterocycles. The van der Waals surface area contributed by atoms with Gasteiger partial charge >= 0.3 is 0 Å². The van der Waals surface area contributed by atoms with Crippen molar-refractivity contribution < 1.29 is 8.42 Å². The fraction of sp³-hybridized carbons (Fsp3) is 0.778. The summed E-state index contributed by atoms with van der Waals surface area (Å²) in [5.41, 5.74) is 0. The second-order valence-corrected chi connectivity index (χ2v) is 5.76. The molecule has 0 aliphatic carbocycles. The van der Waals surface area contributed by atoms with E-state index in [9.17, 15) is 8.42 Å². The Bertz CT molecular complexity index is 282. The van der Waals surface area contributed by atoms with E-state index < -0.39 is 9.84 Å². The van der Waals surface area contributed by atoms with Crippen LogP contribution in [0.5, 0.6) is 0 Å². The molecule has 1 rings (SSSR count). The molecule has 76 valence electrons. The van der Waals surface area contributed by atoms with Crippen LogP contribution in [0, 0.1) is 0 Å². The van der Waals surface area contributed by atoms with E-state index in [1.807, 2.05) is 19.9 Å². The highest BCUT2D eigenvalue weighted by atomic mass is 32.2. The molecule has 1 saturated heterocycles. The van der Waals surface area contributed by atoms with E-state index in [0.29, 0.717) is 18.1 Å². The zero-order valence-electron chi connectivity index (χ0n) is 8.23. The zero-order valence-corrected chi connectivity index (χ0v) is 9.05. The SMILES string of the molecule is C/C=C/CN1CCS(=O)(=O)CC1C. The Hall–Kier alpha value is -0.350. The summed E-state index contributed by atoms with van der Waals surface area (Å²) < 4.78 is 22.5. The Morgan fingerprint density at radius 1 is 1.54 bits per heavy atom. The van der Waals surface area contributed by atoms with Gasteiger partial charge in [-0.25, -0.2) is 8.42 Å². The maximum Gasteiger partial charge on any atom is 0.153 e. The summed E-state index contributed by atoms with van der Waals surface area (Å²) in [5.74, 6) is 0.624. The predicted octanol–water partition coefficient (Wildman–Crippen LogP) is 0.681.